The fourth-order valence-corrected chi connectivity index (χ4v) is 1.34. The summed E-state index contributed by atoms with van der Waals surface area (Å²) in [4.78, 5) is 0. The molecule has 1 unspecified atom stereocenters. The fraction of sp³-hybridized carbons (Fsp3) is 0.818. The van der Waals surface area contributed by atoms with Gasteiger partial charge in [0.1, 0.15) is 0 Å². The highest BCUT2D eigenvalue weighted by molar-refractivity contribution is 4.91. The Hall–Kier alpha value is -1.15. The van der Waals surface area contributed by atoms with Crippen LogP contribution in [-0.2, 0) is 17.8 Å². The summed E-state index contributed by atoms with van der Waals surface area (Å²) >= 11 is 0. The molecule has 1 aromatic rings. The van der Waals surface area contributed by atoms with Gasteiger partial charge in [0, 0.05) is 12.7 Å². The van der Waals surface area contributed by atoms with E-state index in [0.29, 0.717) is 6.54 Å². The number of rotatable bonds is 8. The van der Waals surface area contributed by atoms with Crippen molar-refractivity contribution in [1.29, 1.82) is 0 Å². The topological polar surface area (TPSA) is 52.0 Å². The van der Waals surface area contributed by atoms with Gasteiger partial charge in [0.25, 0.3) is 0 Å². The second-order valence-corrected chi connectivity index (χ2v) is 4.20. The molecule has 1 aromatic heterocycles. The summed E-state index contributed by atoms with van der Waals surface area (Å²) in [5.41, 5.74) is 0.761. The molecule has 0 saturated heterocycles. The maximum Gasteiger partial charge on any atom is 0.414 e. The molecule has 0 spiro atoms. The first kappa shape index (κ1) is 15.9. The average Bonchev–Trinajstić information content (AvgIpc) is 2.76. The van der Waals surface area contributed by atoms with Crippen LogP contribution < -0.4 is 5.32 Å². The molecule has 1 N–H and O–H groups in total. The minimum Gasteiger partial charge on any atom is -0.367 e. The predicted octanol–water partition coefficient (Wildman–Crippen LogP) is 1.75. The summed E-state index contributed by atoms with van der Waals surface area (Å²) in [6.45, 7) is 4.74. The summed E-state index contributed by atoms with van der Waals surface area (Å²) in [5.74, 6) is 0. The van der Waals surface area contributed by atoms with E-state index < -0.39 is 12.3 Å². The molecule has 0 bridgehead atoms. The number of halogens is 3. The van der Waals surface area contributed by atoms with Crippen molar-refractivity contribution in [2.75, 3.05) is 13.2 Å². The Bertz CT molecular complexity index is 367. The van der Waals surface area contributed by atoms with Gasteiger partial charge in [-0.25, -0.2) is 4.68 Å². The lowest BCUT2D eigenvalue weighted by atomic mass is 10.4. The standard InChI is InChI=1S/C11H19F3N4O/c1-3-4-15-7-10-8-18(17-16-10)5-6-19-9(2)11(12,13)14/h8-9,15H,3-7H2,1-2H3. The highest BCUT2D eigenvalue weighted by Gasteiger charge is 2.36. The molecule has 0 saturated carbocycles. The third-order valence-electron chi connectivity index (χ3n) is 2.47. The van der Waals surface area contributed by atoms with Crippen LogP contribution in [0.3, 0.4) is 0 Å². The Morgan fingerprint density at radius 1 is 1.47 bits per heavy atom. The highest BCUT2D eigenvalue weighted by Crippen LogP contribution is 2.22. The molecule has 0 aliphatic heterocycles. The average molecular weight is 280 g/mol. The molecule has 0 aromatic carbocycles. The smallest absolute Gasteiger partial charge is 0.367 e. The number of hydrogen-bond acceptors (Lipinski definition) is 4. The van der Waals surface area contributed by atoms with E-state index in [1.165, 1.54) is 4.68 Å². The van der Waals surface area contributed by atoms with Gasteiger partial charge in [-0.2, -0.15) is 13.2 Å². The molecule has 0 aliphatic rings. The molecule has 19 heavy (non-hydrogen) atoms. The zero-order chi connectivity index (χ0) is 14.3. The second kappa shape index (κ2) is 7.44. The molecule has 1 heterocycles. The van der Waals surface area contributed by atoms with E-state index in [9.17, 15) is 13.2 Å². The Balaban J connectivity index is 2.26. The zero-order valence-electron chi connectivity index (χ0n) is 11.1. The fourth-order valence-electron chi connectivity index (χ4n) is 1.34. The third kappa shape index (κ3) is 6.02. The van der Waals surface area contributed by atoms with Crippen LogP contribution in [0.15, 0.2) is 6.20 Å². The molecule has 5 nitrogen and oxygen atoms in total. The van der Waals surface area contributed by atoms with Crippen molar-refractivity contribution < 1.29 is 17.9 Å². The molecule has 8 heteroatoms. The lowest BCUT2D eigenvalue weighted by Crippen LogP contribution is -2.29. The Morgan fingerprint density at radius 3 is 2.84 bits per heavy atom. The van der Waals surface area contributed by atoms with Gasteiger partial charge in [0.2, 0.25) is 0 Å². The number of aromatic nitrogens is 3. The Labute approximate surface area is 110 Å². The quantitative estimate of drug-likeness (QED) is 0.737. The first-order valence-corrected chi connectivity index (χ1v) is 6.21. The van der Waals surface area contributed by atoms with Crippen LogP contribution in [0.4, 0.5) is 13.2 Å². The van der Waals surface area contributed by atoms with Gasteiger partial charge in [0.15, 0.2) is 6.10 Å². The van der Waals surface area contributed by atoms with Crippen LogP contribution >= 0.6 is 0 Å². The minimum absolute atomic E-state index is 0.0497. The summed E-state index contributed by atoms with van der Waals surface area (Å²) in [6.07, 6.45) is -3.36. The third-order valence-corrected chi connectivity index (χ3v) is 2.47. The summed E-state index contributed by atoms with van der Waals surface area (Å²) < 4.78 is 42.7. The van der Waals surface area contributed by atoms with Gasteiger partial charge in [-0.3, -0.25) is 0 Å². The molecule has 0 radical (unpaired) electrons. The second-order valence-electron chi connectivity index (χ2n) is 4.20. The maximum absolute atomic E-state index is 12.2. The van der Waals surface area contributed by atoms with Crippen LogP contribution in [-0.4, -0.2) is 40.4 Å². The normalized spacial score (nSPS) is 13.7. The van der Waals surface area contributed by atoms with Gasteiger partial charge < -0.3 is 10.1 Å². The van der Waals surface area contributed by atoms with Gasteiger partial charge in [-0.1, -0.05) is 12.1 Å². The van der Waals surface area contributed by atoms with E-state index in [2.05, 4.69) is 27.3 Å². The van der Waals surface area contributed by atoms with Crippen molar-refractivity contribution in [3.8, 4) is 0 Å². The molecule has 1 rings (SSSR count). The van der Waals surface area contributed by atoms with Crippen molar-refractivity contribution in [1.82, 2.24) is 20.3 Å². The Kier molecular flexibility index (Phi) is 6.23. The molecule has 1 atom stereocenters. The van der Waals surface area contributed by atoms with Crippen LogP contribution in [0.25, 0.3) is 0 Å². The predicted molar refractivity (Wildman–Crippen MR) is 63.5 cm³/mol. The molecule has 0 aliphatic carbocycles. The van der Waals surface area contributed by atoms with Crippen molar-refractivity contribution >= 4 is 0 Å². The van der Waals surface area contributed by atoms with Gasteiger partial charge in [0.05, 0.1) is 18.8 Å². The summed E-state index contributed by atoms with van der Waals surface area (Å²) in [5, 5.41) is 10.9. The Morgan fingerprint density at radius 2 is 2.21 bits per heavy atom. The van der Waals surface area contributed by atoms with E-state index in [0.717, 1.165) is 25.6 Å². The molecular formula is C11H19F3N4O. The van der Waals surface area contributed by atoms with E-state index in [1.54, 1.807) is 6.20 Å². The van der Waals surface area contributed by atoms with E-state index in [4.69, 9.17) is 0 Å². The number of alkyl halides is 3. The monoisotopic (exact) mass is 280 g/mol. The van der Waals surface area contributed by atoms with Crippen LogP contribution in [0, 0.1) is 0 Å². The number of nitrogens with zero attached hydrogens (tertiary/aromatic N) is 3. The highest BCUT2D eigenvalue weighted by atomic mass is 19.4. The lowest BCUT2D eigenvalue weighted by Gasteiger charge is -2.15. The van der Waals surface area contributed by atoms with Gasteiger partial charge >= 0.3 is 6.18 Å². The van der Waals surface area contributed by atoms with E-state index in [-0.39, 0.29) is 13.2 Å². The van der Waals surface area contributed by atoms with Crippen molar-refractivity contribution in [3.05, 3.63) is 11.9 Å². The van der Waals surface area contributed by atoms with E-state index >= 15 is 0 Å². The molecular weight excluding hydrogens is 261 g/mol. The first-order chi connectivity index (χ1) is 8.93. The van der Waals surface area contributed by atoms with Crippen molar-refractivity contribution in [3.63, 3.8) is 0 Å². The lowest BCUT2D eigenvalue weighted by molar-refractivity contribution is -0.214. The number of hydrogen-bond donors (Lipinski definition) is 1. The minimum atomic E-state index is -4.32. The van der Waals surface area contributed by atoms with Crippen LogP contribution in [0.5, 0.6) is 0 Å². The largest absolute Gasteiger partial charge is 0.414 e. The van der Waals surface area contributed by atoms with E-state index in [1.807, 2.05) is 0 Å². The van der Waals surface area contributed by atoms with Crippen LogP contribution in [0.2, 0.25) is 0 Å². The number of ether oxygens (including phenoxy) is 1. The van der Waals surface area contributed by atoms with Gasteiger partial charge in [-0.05, 0) is 19.9 Å². The maximum atomic E-state index is 12.2. The summed E-state index contributed by atoms with van der Waals surface area (Å²) in [6, 6.07) is 0. The summed E-state index contributed by atoms with van der Waals surface area (Å²) in [7, 11) is 0. The molecule has 0 fully saturated rings. The SMILES string of the molecule is CCCNCc1cn(CCOC(C)C(F)(F)F)nn1. The zero-order valence-corrected chi connectivity index (χ0v) is 11.1. The first-order valence-electron chi connectivity index (χ1n) is 6.21. The van der Waals surface area contributed by atoms with Crippen molar-refractivity contribution in [2.45, 2.75) is 45.6 Å². The molecule has 110 valence electrons. The molecule has 0 amide bonds. The van der Waals surface area contributed by atoms with Crippen LogP contribution in [0.1, 0.15) is 26.0 Å². The van der Waals surface area contributed by atoms with Gasteiger partial charge in [-0.15, -0.1) is 5.10 Å². The van der Waals surface area contributed by atoms with Crippen molar-refractivity contribution in [2.24, 2.45) is 0 Å². The number of nitrogens with one attached hydrogen (secondary N) is 1.